The lowest BCUT2D eigenvalue weighted by Crippen LogP contribution is -2.70. The monoisotopic (exact) mass is 492 g/mol. The Morgan fingerprint density at radius 1 is 1.32 bits per heavy atom. The Bertz CT molecular complexity index is 974. The lowest BCUT2D eigenvalue weighted by Gasteiger charge is -2.63. The molecular formula is C27H37FO5S. The maximum absolute atomic E-state index is 17.4. The van der Waals surface area contributed by atoms with Crippen LogP contribution in [-0.2, 0) is 19.1 Å². The third-order valence-electron chi connectivity index (χ3n) is 9.39. The minimum Gasteiger partial charge on any atom is -0.481 e. The number of aliphatic hydroxyl groups excluding tert-OH is 1. The predicted octanol–water partition coefficient (Wildman–Crippen LogP) is 5.05. The SMILES string of the molecule is CCC(=O)O[C@]1(C(=S)OC(C)C)[C@@H](C)C[C@H]2[C@@H]3CCC4=CC(=O)C=C[C@]4(C)[C@@]3(F)[C@@H](O)C[C@@]21C. The molecule has 0 spiro atoms. The van der Waals surface area contributed by atoms with E-state index in [1.54, 1.807) is 19.9 Å². The number of halogens is 1. The van der Waals surface area contributed by atoms with E-state index in [4.69, 9.17) is 21.7 Å². The predicted molar refractivity (Wildman–Crippen MR) is 131 cm³/mol. The summed E-state index contributed by atoms with van der Waals surface area (Å²) in [5.74, 6) is -1.39. The van der Waals surface area contributed by atoms with Gasteiger partial charge in [-0.2, -0.15) is 0 Å². The highest BCUT2D eigenvalue weighted by Crippen LogP contribution is 2.71. The van der Waals surface area contributed by atoms with E-state index in [0.717, 1.165) is 5.57 Å². The van der Waals surface area contributed by atoms with Crippen LogP contribution in [0.15, 0.2) is 23.8 Å². The molecule has 0 aliphatic heterocycles. The van der Waals surface area contributed by atoms with Gasteiger partial charge in [0.25, 0.3) is 0 Å². The summed E-state index contributed by atoms with van der Waals surface area (Å²) in [5.41, 5.74) is -4.29. The van der Waals surface area contributed by atoms with Crippen molar-refractivity contribution in [3.63, 3.8) is 0 Å². The Hall–Kier alpha value is -1.60. The first-order valence-electron chi connectivity index (χ1n) is 12.5. The molecule has 0 bridgehead atoms. The summed E-state index contributed by atoms with van der Waals surface area (Å²) in [6.45, 7) is 11.2. The van der Waals surface area contributed by atoms with Gasteiger partial charge in [-0.05, 0) is 76.7 Å². The highest BCUT2D eigenvalue weighted by Gasteiger charge is 2.77. The number of fused-ring (bicyclic) bond motifs is 5. The second-order valence-corrected chi connectivity index (χ2v) is 11.8. The Labute approximate surface area is 207 Å². The fourth-order valence-electron chi connectivity index (χ4n) is 7.78. The topological polar surface area (TPSA) is 72.8 Å². The van der Waals surface area contributed by atoms with Gasteiger partial charge in [-0.25, -0.2) is 4.39 Å². The van der Waals surface area contributed by atoms with Crippen LogP contribution in [0.3, 0.4) is 0 Å². The van der Waals surface area contributed by atoms with Gasteiger partial charge in [-0.1, -0.05) is 32.4 Å². The van der Waals surface area contributed by atoms with Crippen molar-refractivity contribution in [2.75, 3.05) is 0 Å². The van der Waals surface area contributed by atoms with Crippen LogP contribution in [0.1, 0.15) is 73.6 Å². The molecule has 0 aromatic heterocycles. The van der Waals surface area contributed by atoms with E-state index in [0.29, 0.717) is 19.3 Å². The molecule has 7 heteroatoms. The number of carbonyl (C=O) groups excluding carboxylic acids is 2. The van der Waals surface area contributed by atoms with Crippen LogP contribution in [0.2, 0.25) is 0 Å². The fraction of sp³-hybridized carbons (Fsp3) is 0.741. The molecule has 1 N–H and O–H groups in total. The molecule has 5 nitrogen and oxygen atoms in total. The van der Waals surface area contributed by atoms with Gasteiger partial charge in [0.1, 0.15) is 0 Å². The van der Waals surface area contributed by atoms with Gasteiger partial charge in [0.05, 0.1) is 12.2 Å². The number of aliphatic hydroxyl groups is 1. The smallest absolute Gasteiger partial charge is 0.306 e. The molecule has 188 valence electrons. The largest absolute Gasteiger partial charge is 0.481 e. The first kappa shape index (κ1) is 25.5. The molecule has 34 heavy (non-hydrogen) atoms. The molecule has 4 aliphatic rings. The summed E-state index contributed by atoms with van der Waals surface area (Å²) in [7, 11) is 0. The first-order chi connectivity index (χ1) is 15.8. The molecule has 3 saturated carbocycles. The standard InChI is InChI=1S/C27H37FO5S/c1-7-22(31)33-27(23(34)32-15(2)3)16(4)12-20-19-9-8-17-13-18(29)10-11-24(17,5)26(19,28)21(30)14-25(20,27)6/h10-11,13,15-16,19-21,30H,7-9,12,14H2,1-6H3/t16-,19-,20-,21-,24-,25-,26-,27-/m0/s1. The van der Waals surface area contributed by atoms with Crippen molar-refractivity contribution in [1.29, 1.82) is 0 Å². The van der Waals surface area contributed by atoms with Gasteiger partial charge < -0.3 is 14.6 Å². The number of thiocarbonyl (C=S) groups is 1. The molecule has 0 aromatic rings. The van der Waals surface area contributed by atoms with Crippen LogP contribution in [-0.4, -0.2) is 45.4 Å². The van der Waals surface area contributed by atoms with E-state index < -0.39 is 34.1 Å². The van der Waals surface area contributed by atoms with E-state index in [1.165, 1.54) is 12.2 Å². The number of ketones is 1. The summed E-state index contributed by atoms with van der Waals surface area (Å²) in [6, 6.07) is 0. The van der Waals surface area contributed by atoms with E-state index in [1.807, 2.05) is 27.7 Å². The zero-order valence-corrected chi connectivity index (χ0v) is 21.8. The third kappa shape index (κ3) is 3.15. The molecule has 0 heterocycles. The number of rotatable bonds is 4. The van der Waals surface area contributed by atoms with E-state index >= 15 is 4.39 Å². The minimum atomic E-state index is -1.94. The normalized spacial score (nSPS) is 45.2. The van der Waals surface area contributed by atoms with Crippen molar-refractivity contribution < 1.29 is 28.6 Å². The number of esters is 1. The Balaban J connectivity index is 1.84. The van der Waals surface area contributed by atoms with Crippen molar-refractivity contribution >= 4 is 29.0 Å². The first-order valence-corrected chi connectivity index (χ1v) is 12.9. The number of alkyl halides is 1. The van der Waals surface area contributed by atoms with Crippen LogP contribution in [0.5, 0.6) is 0 Å². The van der Waals surface area contributed by atoms with Gasteiger partial charge in [0, 0.05) is 29.1 Å². The number of hydrogen-bond donors (Lipinski definition) is 1. The fourth-order valence-corrected chi connectivity index (χ4v) is 8.45. The van der Waals surface area contributed by atoms with Gasteiger partial charge in [-0.15, -0.1) is 0 Å². The molecule has 8 atom stereocenters. The van der Waals surface area contributed by atoms with E-state index in [9.17, 15) is 14.7 Å². The van der Waals surface area contributed by atoms with E-state index in [-0.39, 0.29) is 47.6 Å². The molecular weight excluding hydrogens is 455 g/mol. The van der Waals surface area contributed by atoms with Gasteiger partial charge in [-0.3, -0.25) is 9.59 Å². The van der Waals surface area contributed by atoms with Gasteiger partial charge in [0.15, 0.2) is 17.1 Å². The quantitative estimate of drug-likeness (QED) is 0.438. The highest BCUT2D eigenvalue weighted by molar-refractivity contribution is 7.80. The summed E-state index contributed by atoms with van der Waals surface area (Å²) in [6.07, 6.45) is 5.05. The van der Waals surface area contributed by atoms with Crippen molar-refractivity contribution in [2.24, 2.45) is 28.6 Å². The number of allylic oxidation sites excluding steroid dienone is 4. The van der Waals surface area contributed by atoms with Crippen molar-refractivity contribution in [3.8, 4) is 0 Å². The highest BCUT2D eigenvalue weighted by atomic mass is 32.1. The van der Waals surface area contributed by atoms with E-state index in [2.05, 4.69) is 0 Å². The minimum absolute atomic E-state index is 0.0816. The summed E-state index contributed by atoms with van der Waals surface area (Å²) < 4.78 is 29.6. The lowest BCUT2D eigenvalue weighted by molar-refractivity contribution is -0.218. The van der Waals surface area contributed by atoms with Crippen LogP contribution in [0.4, 0.5) is 4.39 Å². The molecule has 0 saturated heterocycles. The summed E-state index contributed by atoms with van der Waals surface area (Å²) >= 11 is 5.79. The zero-order chi connectivity index (χ0) is 25.3. The summed E-state index contributed by atoms with van der Waals surface area (Å²) in [4.78, 5) is 24.7. The molecule has 4 rings (SSSR count). The molecule has 0 radical (unpaired) electrons. The average Bonchev–Trinajstić information content (AvgIpc) is 2.96. The molecule has 4 aliphatic carbocycles. The maximum atomic E-state index is 17.4. The second kappa shape index (κ2) is 8.22. The number of carbonyl (C=O) groups is 2. The maximum Gasteiger partial charge on any atom is 0.306 e. The van der Waals surface area contributed by atoms with Crippen LogP contribution < -0.4 is 0 Å². The van der Waals surface area contributed by atoms with Crippen molar-refractivity contribution in [1.82, 2.24) is 0 Å². The molecule has 0 unspecified atom stereocenters. The third-order valence-corrected chi connectivity index (χ3v) is 9.79. The van der Waals surface area contributed by atoms with Crippen molar-refractivity contribution in [2.45, 2.75) is 97.1 Å². The average molecular weight is 493 g/mol. The molecule has 3 fully saturated rings. The number of ether oxygens (including phenoxy) is 2. The molecule has 0 amide bonds. The van der Waals surface area contributed by atoms with Crippen LogP contribution in [0.25, 0.3) is 0 Å². The zero-order valence-electron chi connectivity index (χ0n) is 21.0. The summed E-state index contributed by atoms with van der Waals surface area (Å²) in [5, 5.41) is 11.8. The number of hydrogen-bond acceptors (Lipinski definition) is 6. The van der Waals surface area contributed by atoms with Gasteiger partial charge in [0.2, 0.25) is 5.05 Å². The second-order valence-electron chi connectivity index (χ2n) is 11.4. The van der Waals surface area contributed by atoms with Crippen LogP contribution >= 0.6 is 12.2 Å². The Kier molecular flexibility index (Phi) is 6.17. The van der Waals surface area contributed by atoms with Gasteiger partial charge >= 0.3 is 5.97 Å². The van der Waals surface area contributed by atoms with Crippen LogP contribution in [0, 0.1) is 28.6 Å². The Morgan fingerprint density at radius 2 is 2.00 bits per heavy atom. The Morgan fingerprint density at radius 3 is 2.62 bits per heavy atom. The van der Waals surface area contributed by atoms with Crippen molar-refractivity contribution in [3.05, 3.63) is 23.8 Å². The lowest BCUT2D eigenvalue weighted by atomic mass is 9.45. The molecule has 0 aromatic carbocycles.